The van der Waals surface area contributed by atoms with Gasteiger partial charge in [0.15, 0.2) is 0 Å². The molecular weight excluding hydrogens is 256 g/mol. The van der Waals surface area contributed by atoms with E-state index in [-0.39, 0.29) is 10.3 Å². The molecule has 0 unspecified atom stereocenters. The van der Waals surface area contributed by atoms with Gasteiger partial charge in [-0.05, 0) is 20.8 Å². The lowest BCUT2D eigenvalue weighted by atomic mass is 10.5. The van der Waals surface area contributed by atoms with E-state index in [1.54, 1.807) is 4.90 Å². The molecule has 5 N–H and O–H groups in total. The van der Waals surface area contributed by atoms with Gasteiger partial charge in [0.05, 0.1) is 19.6 Å². The number of quaternary nitrogens is 1. The van der Waals surface area contributed by atoms with Crippen molar-refractivity contribution >= 4 is 41.1 Å². The monoisotopic (exact) mass is 276 g/mol. The molecule has 0 amide bonds. The Morgan fingerprint density at radius 2 is 1.94 bits per heavy atom. The number of nitrogen functional groups attached to an aromatic ring is 1. The molecule has 1 aromatic heterocycles. The Balaban J connectivity index is 0.000000325. The summed E-state index contributed by atoms with van der Waals surface area (Å²) >= 11 is 9.11. The fourth-order valence-corrected chi connectivity index (χ4v) is 1.35. The van der Waals surface area contributed by atoms with E-state index < -0.39 is 0 Å². The van der Waals surface area contributed by atoms with Crippen LogP contribution < -0.4 is 16.0 Å². The molecular formula is C9H20N6S2. The molecule has 0 aromatic carbocycles. The first kappa shape index (κ1) is 16.0. The van der Waals surface area contributed by atoms with E-state index in [1.807, 2.05) is 0 Å². The summed E-state index contributed by atoms with van der Waals surface area (Å²) in [4.78, 5) is 5.38. The number of nitrogens with zero attached hydrogens (tertiary/aromatic N) is 2. The molecule has 0 saturated carbocycles. The van der Waals surface area contributed by atoms with Crippen LogP contribution >= 0.6 is 12.2 Å². The lowest BCUT2D eigenvalue weighted by molar-refractivity contribution is -0.894. The average molecular weight is 276 g/mol. The molecule has 0 aliphatic carbocycles. The molecule has 0 aliphatic heterocycles. The highest BCUT2D eigenvalue weighted by Crippen LogP contribution is 1.97. The predicted molar refractivity (Wildman–Crippen MR) is 77.0 cm³/mol. The van der Waals surface area contributed by atoms with Crippen LogP contribution in [-0.2, 0) is 12.6 Å². The number of anilines is 2. The zero-order chi connectivity index (χ0) is 13.3. The van der Waals surface area contributed by atoms with Gasteiger partial charge in [-0.2, -0.15) is 4.98 Å². The summed E-state index contributed by atoms with van der Waals surface area (Å²) in [6, 6.07) is 0. The fraction of sp³-hybridized carbons (Fsp3) is 0.667. The molecule has 0 saturated heterocycles. The number of aromatic nitrogens is 3. The third kappa shape index (κ3) is 7.83. The fourth-order valence-electron chi connectivity index (χ4n) is 1.17. The maximum Gasteiger partial charge on any atom is 0.246 e. The largest absolute Gasteiger partial charge is 0.411 e. The highest BCUT2D eigenvalue weighted by molar-refractivity contribution is 8.00. The predicted octanol–water partition coefficient (Wildman–Crippen LogP) is -0.438. The van der Waals surface area contributed by atoms with E-state index in [2.05, 4.69) is 66.1 Å². The van der Waals surface area contributed by atoms with Crippen molar-refractivity contribution in [1.82, 2.24) is 15.2 Å². The molecule has 1 rings (SSSR count). The van der Waals surface area contributed by atoms with E-state index >= 15 is 0 Å². The van der Waals surface area contributed by atoms with Crippen molar-refractivity contribution in [2.24, 2.45) is 0 Å². The number of H-pyrrole nitrogens is 1. The van der Waals surface area contributed by atoms with Crippen molar-refractivity contribution in [3.05, 3.63) is 0 Å². The van der Waals surface area contributed by atoms with Crippen LogP contribution in [0.25, 0.3) is 0 Å². The highest BCUT2D eigenvalue weighted by atomic mass is 32.1. The summed E-state index contributed by atoms with van der Waals surface area (Å²) in [5.41, 5.74) is 5.21. The molecule has 98 valence electrons. The van der Waals surface area contributed by atoms with Crippen molar-refractivity contribution in [1.29, 1.82) is 0 Å². The molecule has 0 radical (unpaired) electrons. The van der Waals surface area contributed by atoms with Gasteiger partial charge in [-0.1, -0.05) is 4.32 Å². The third-order valence-corrected chi connectivity index (χ3v) is 2.42. The summed E-state index contributed by atoms with van der Waals surface area (Å²) in [6.45, 7) is 10.5. The van der Waals surface area contributed by atoms with Crippen LogP contribution in [0, 0.1) is 0 Å². The van der Waals surface area contributed by atoms with Crippen molar-refractivity contribution in [2.45, 2.75) is 20.8 Å². The molecule has 1 aromatic rings. The van der Waals surface area contributed by atoms with Crippen LogP contribution in [0.1, 0.15) is 20.8 Å². The minimum Gasteiger partial charge on any atom is -0.411 e. The second kappa shape index (κ2) is 9.08. The van der Waals surface area contributed by atoms with E-state index in [4.69, 9.17) is 5.73 Å². The topological polar surface area (TPSA) is 84.1 Å². The van der Waals surface area contributed by atoms with Gasteiger partial charge < -0.3 is 40.8 Å². The number of aromatic amines is 1. The number of nitrogens with one attached hydrogen (secondary N) is 3. The van der Waals surface area contributed by atoms with E-state index in [0.29, 0.717) is 5.95 Å². The molecule has 0 aliphatic rings. The molecule has 0 fully saturated rings. The summed E-state index contributed by atoms with van der Waals surface area (Å²) in [5.74, 6) is 0.534. The number of thiocarbonyl (C=S) groups is 1. The molecule has 0 atom stereocenters. The SMILES string of the molecule is CC[NH+](CC)CC.Nc1nc(NC(=S)[S-])n[nH]1. The van der Waals surface area contributed by atoms with Gasteiger partial charge in [0, 0.05) is 0 Å². The summed E-state index contributed by atoms with van der Waals surface area (Å²) in [7, 11) is 0. The zero-order valence-electron chi connectivity index (χ0n) is 10.4. The maximum absolute atomic E-state index is 5.21. The van der Waals surface area contributed by atoms with Crippen LogP contribution in [0.3, 0.4) is 0 Å². The van der Waals surface area contributed by atoms with Gasteiger partial charge in [0.2, 0.25) is 11.9 Å². The Morgan fingerprint density at radius 3 is 2.18 bits per heavy atom. The van der Waals surface area contributed by atoms with Gasteiger partial charge in [0.25, 0.3) is 0 Å². The second-order valence-electron chi connectivity index (χ2n) is 3.27. The molecule has 0 spiro atoms. The van der Waals surface area contributed by atoms with Crippen LogP contribution in [0.2, 0.25) is 0 Å². The first-order chi connectivity index (χ1) is 8.03. The van der Waals surface area contributed by atoms with Crippen LogP contribution in [0.15, 0.2) is 0 Å². The van der Waals surface area contributed by atoms with Crippen molar-refractivity contribution < 1.29 is 4.90 Å². The molecule has 8 heteroatoms. The van der Waals surface area contributed by atoms with Gasteiger partial charge in [-0.3, -0.25) is 0 Å². The molecule has 17 heavy (non-hydrogen) atoms. The maximum atomic E-state index is 5.21. The standard InChI is InChI=1S/C6H15N.C3H5N5S2/c1-4-7(5-2)6-3;4-1-5-2(8-7-1)6-3(9)10/h4-6H2,1-3H3;(H5,4,5,6,7,8,9,10). The lowest BCUT2D eigenvalue weighted by Gasteiger charge is -2.10. The smallest absolute Gasteiger partial charge is 0.246 e. The number of hydrogen-bond donors (Lipinski definition) is 4. The van der Waals surface area contributed by atoms with Gasteiger partial charge >= 0.3 is 0 Å². The number of nitrogens with two attached hydrogens (primary N) is 1. The minimum atomic E-state index is 0.194. The van der Waals surface area contributed by atoms with Crippen molar-refractivity contribution in [3.63, 3.8) is 0 Å². The Morgan fingerprint density at radius 1 is 1.41 bits per heavy atom. The quantitative estimate of drug-likeness (QED) is 0.441. The zero-order valence-corrected chi connectivity index (χ0v) is 12.0. The first-order valence-electron chi connectivity index (χ1n) is 5.52. The van der Waals surface area contributed by atoms with Crippen LogP contribution in [0.4, 0.5) is 11.9 Å². The summed E-state index contributed by atoms with van der Waals surface area (Å²) in [6.07, 6.45) is 0. The Kier molecular flexibility index (Phi) is 8.55. The third-order valence-electron chi connectivity index (χ3n) is 2.22. The molecule has 0 bridgehead atoms. The van der Waals surface area contributed by atoms with E-state index in [9.17, 15) is 0 Å². The molecule has 1 heterocycles. The first-order valence-corrected chi connectivity index (χ1v) is 6.34. The Hall–Kier alpha value is -0.990. The summed E-state index contributed by atoms with van der Waals surface area (Å²) in [5, 5.41) is 8.59. The minimum absolute atomic E-state index is 0.194. The number of rotatable bonds is 4. The Bertz CT molecular complexity index is 318. The normalized spacial score (nSPS) is 9.65. The van der Waals surface area contributed by atoms with Gasteiger partial charge in [-0.15, -0.1) is 5.10 Å². The van der Waals surface area contributed by atoms with Crippen LogP contribution in [0.5, 0.6) is 0 Å². The second-order valence-corrected chi connectivity index (χ2v) is 4.34. The van der Waals surface area contributed by atoms with Crippen molar-refractivity contribution in [3.8, 4) is 0 Å². The highest BCUT2D eigenvalue weighted by Gasteiger charge is 1.94. The number of hydrogen-bond acceptors (Lipinski definition) is 5. The molecule has 6 nitrogen and oxygen atoms in total. The van der Waals surface area contributed by atoms with Crippen LogP contribution in [-0.4, -0.2) is 39.1 Å². The lowest BCUT2D eigenvalue weighted by Crippen LogP contribution is -3.11. The summed E-state index contributed by atoms with van der Waals surface area (Å²) < 4.78 is 0.194. The van der Waals surface area contributed by atoms with E-state index in [1.165, 1.54) is 19.6 Å². The average Bonchev–Trinajstić information content (AvgIpc) is 2.66. The van der Waals surface area contributed by atoms with Gasteiger partial charge in [0.1, 0.15) is 0 Å². The Labute approximate surface area is 113 Å². The van der Waals surface area contributed by atoms with Crippen molar-refractivity contribution in [2.75, 3.05) is 30.7 Å². The van der Waals surface area contributed by atoms with E-state index in [0.717, 1.165) is 0 Å². The van der Waals surface area contributed by atoms with Gasteiger partial charge in [-0.25, -0.2) is 5.10 Å².